The highest BCUT2D eigenvalue weighted by atomic mass is 15.2. The summed E-state index contributed by atoms with van der Waals surface area (Å²) in [6.07, 6.45) is 7.09. The third-order valence-corrected chi connectivity index (χ3v) is 6.06. The number of benzene rings is 1. The van der Waals surface area contributed by atoms with Gasteiger partial charge in [0.25, 0.3) is 0 Å². The molecule has 2 aromatic heterocycles. The van der Waals surface area contributed by atoms with E-state index >= 15 is 0 Å². The molecule has 2 fully saturated rings. The summed E-state index contributed by atoms with van der Waals surface area (Å²) in [5, 5.41) is 7.91. The van der Waals surface area contributed by atoms with Crippen LogP contribution in [0, 0.1) is 6.92 Å². The molecule has 1 saturated carbocycles. The average molecular weight is 377 g/mol. The van der Waals surface area contributed by atoms with Gasteiger partial charge in [-0.2, -0.15) is 4.98 Å². The van der Waals surface area contributed by atoms with Crippen molar-refractivity contribution in [2.24, 2.45) is 0 Å². The van der Waals surface area contributed by atoms with Crippen LogP contribution in [0.4, 0.5) is 17.3 Å². The maximum Gasteiger partial charge on any atom is 0.229 e. The zero-order valence-corrected chi connectivity index (χ0v) is 16.5. The van der Waals surface area contributed by atoms with E-state index < -0.39 is 0 Å². The first-order valence-electron chi connectivity index (χ1n) is 10.5. The summed E-state index contributed by atoms with van der Waals surface area (Å²) in [7, 11) is 0. The van der Waals surface area contributed by atoms with Gasteiger partial charge in [-0.1, -0.05) is 12.8 Å². The minimum Gasteiger partial charge on any atom is -0.369 e. The van der Waals surface area contributed by atoms with Crippen molar-refractivity contribution >= 4 is 28.4 Å². The Morgan fingerprint density at radius 2 is 1.82 bits per heavy atom. The molecule has 0 bridgehead atoms. The highest BCUT2D eigenvalue weighted by molar-refractivity contribution is 5.78. The molecule has 0 spiro atoms. The Bertz CT molecular complexity index is 949. The summed E-state index contributed by atoms with van der Waals surface area (Å²) in [4.78, 5) is 11.8. The third-order valence-electron chi connectivity index (χ3n) is 6.06. The van der Waals surface area contributed by atoms with Gasteiger partial charge in [-0.05, 0) is 50.1 Å². The Labute approximate surface area is 166 Å². The Balaban J connectivity index is 1.38. The highest BCUT2D eigenvalue weighted by Crippen LogP contribution is 2.34. The van der Waals surface area contributed by atoms with Crippen molar-refractivity contribution in [3.05, 3.63) is 42.2 Å². The molecule has 1 aliphatic carbocycles. The highest BCUT2D eigenvalue weighted by Gasteiger charge is 2.21. The molecule has 2 aliphatic rings. The lowest BCUT2D eigenvalue weighted by molar-refractivity contribution is 0.522. The molecule has 0 atom stereocenters. The molecule has 1 aromatic carbocycles. The second-order valence-electron chi connectivity index (χ2n) is 7.98. The van der Waals surface area contributed by atoms with Crippen LogP contribution >= 0.6 is 0 Å². The van der Waals surface area contributed by atoms with Gasteiger partial charge >= 0.3 is 0 Å². The van der Waals surface area contributed by atoms with E-state index in [9.17, 15) is 0 Å². The standard InChI is InChI=1S/C22H28N6/c1-16-14-17-15-24-22(26-21(17)28(16)20-4-2-3-5-20)25-18-6-8-19(9-7-18)27-12-10-23-11-13-27/h6-9,14-15,20,23H,2-5,10-13H2,1H3,(H,24,25,26). The first-order valence-corrected chi connectivity index (χ1v) is 10.5. The minimum atomic E-state index is 0.582. The van der Waals surface area contributed by atoms with Crippen LogP contribution in [0.3, 0.4) is 0 Å². The number of anilines is 3. The van der Waals surface area contributed by atoms with Gasteiger partial charge in [0.15, 0.2) is 0 Å². The number of fused-ring (bicyclic) bond motifs is 1. The molecule has 0 radical (unpaired) electrons. The fourth-order valence-electron chi connectivity index (χ4n) is 4.63. The van der Waals surface area contributed by atoms with Gasteiger partial charge in [0.1, 0.15) is 5.65 Å². The maximum atomic E-state index is 4.87. The van der Waals surface area contributed by atoms with E-state index in [2.05, 4.69) is 62.3 Å². The Hall–Kier alpha value is -2.60. The predicted octanol–water partition coefficient (Wildman–Crippen LogP) is 4.01. The number of nitrogens with zero attached hydrogens (tertiary/aromatic N) is 4. The number of hydrogen-bond donors (Lipinski definition) is 2. The van der Waals surface area contributed by atoms with E-state index in [0.29, 0.717) is 12.0 Å². The molecule has 3 aromatic rings. The molecule has 3 heterocycles. The van der Waals surface area contributed by atoms with Crippen LogP contribution in [0.2, 0.25) is 0 Å². The lowest BCUT2D eigenvalue weighted by Crippen LogP contribution is -2.43. The Morgan fingerprint density at radius 3 is 2.57 bits per heavy atom. The second kappa shape index (κ2) is 7.43. The fourth-order valence-corrected chi connectivity index (χ4v) is 4.63. The normalized spacial score (nSPS) is 18.1. The first-order chi connectivity index (χ1) is 13.8. The topological polar surface area (TPSA) is 58.0 Å². The molecular weight excluding hydrogens is 348 g/mol. The van der Waals surface area contributed by atoms with Crippen molar-refractivity contribution in [1.29, 1.82) is 0 Å². The van der Waals surface area contributed by atoms with E-state index in [1.54, 1.807) is 0 Å². The van der Waals surface area contributed by atoms with Crippen LogP contribution in [0.1, 0.15) is 37.4 Å². The Kier molecular flexibility index (Phi) is 4.64. The lowest BCUT2D eigenvalue weighted by atomic mass is 10.2. The third kappa shape index (κ3) is 3.33. The van der Waals surface area contributed by atoms with E-state index in [1.807, 2.05) is 6.20 Å². The van der Waals surface area contributed by atoms with Crippen LogP contribution in [-0.2, 0) is 0 Å². The zero-order valence-electron chi connectivity index (χ0n) is 16.5. The SMILES string of the molecule is Cc1cc2cnc(Nc3ccc(N4CCNCC4)cc3)nc2n1C1CCCC1. The van der Waals surface area contributed by atoms with Gasteiger partial charge in [-0.25, -0.2) is 4.98 Å². The largest absolute Gasteiger partial charge is 0.369 e. The molecule has 146 valence electrons. The summed E-state index contributed by atoms with van der Waals surface area (Å²) in [6, 6.07) is 11.4. The number of aromatic nitrogens is 3. The van der Waals surface area contributed by atoms with E-state index in [1.165, 1.54) is 37.1 Å². The zero-order chi connectivity index (χ0) is 18.9. The van der Waals surface area contributed by atoms with Crippen molar-refractivity contribution < 1.29 is 0 Å². The van der Waals surface area contributed by atoms with Crippen molar-refractivity contribution in [3.63, 3.8) is 0 Å². The van der Waals surface area contributed by atoms with Gasteiger partial charge in [0.2, 0.25) is 5.95 Å². The van der Waals surface area contributed by atoms with Gasteiger partial charge in [0.05, 0.1) is 0 Å². The summed E-state index contributed by atoms with van der Waals surface area (Å²) in [5.41, 5.74) is 4.64. The second-order valence-corrected chi connectivity index (χ2v) is 7.98. The fraction of sp³-hybridized carbons (Fsp3) is 0.455. The van der Waals surface area contributed by atoms with Crippen LogP contribution in [0.5, 0.6) is 0 Å². The number of rotatable bonds is 4. The van der Waals surface area contributed by atoms with Crippen molar-refractivity contribution in [3.8, 4) is 0 Å². The summed E-state index contributed by atoms with van der Waals surface area (Å²) >= 11 is 0. The van der Waals surface area contributed by atoms with E-state index in [-0.39, 0.29) is 0 Å². The molecule has 0 unspecified atom stereocenters. The molecule has 28 heavy (non-hydrogen) atoms. The molecule has 5 rings (SSSR count). The molecule has 1 saturated heterocycles. The smallest absolute Gasteiger partial charge is 0.229 e. The monoisotopic (exact) mass is 376 g/mol. The molecule has 6 heteroatoms. The number of aryl methyl sites for hydroxylation is 1. The van der Waals surface area contributed by atoms with Crippen LogP contribution in [0.25, 0.3) is 11.0 Å². The van der Waals surface area contributed by atoms with Crippen LogP contribution in [0.15, 0.2) is 36.5 Å². The molecule has 2 N–H and O–H groups in total. The van der Waals surface area contributed by atoms with E-state index in [4.69, 9.17) is 4.98 Å². The Morgan fingerprint density at radius 1 is 1.07 bits per heavy atom. The van der Waals surface area contributed by atoms with Gasteiger partial charge in [-0.15, -0.1) is 0 Å². The predicted molar refractivity (Wildman–Crippen MR) is 115 cm³/mol. The van der Waals surface area contributed by atoms with Crippen molar-refractivity contribution in [1.82, 2.24) is 19.9 Å². The first kappa shape index (κ1) is 17.5. The van der Waals surface area contributed by atoms with Crippen LogP contribution in [-0.4, -0.2) is 40.7 Å². The molecule has 6 nitrogen and oxygen atoms in total. The number of nitrogens with one attached hydrogen (secondary N) is 2. The van der Waals surface area contributed by atoms with Crippen molar-refractivity contribution in [2.45, 2.75) is 38.6 Å². The molecular formula is C22H28N6. The summed E-state index contributed by atoms with van der Waals surface area (Å²) < 4.78 is 2.42. The quantitative estimate of drug-likeness (QED) is 0.721. The number of piperazine rings is 1. The van der Waals surface area contributed by atoms with Crippen molar-refractivity contribution in [2.75, 3.05) is 36.4 Å². The molecule has 0 amide bonds. The van der Waals surface area contributed by atoms with Gasteiger partial charge in [0, 0.05) is 60.9 Å². The minimum absolute atomic E-state index is 0.582. The average Bonchev–Trinajstić information content (AvgIpc) is 3.36. The van der Waals surface area contributed by atoms with E-state index in [0.717, 1.165) is 42.9 Å². The molecule has 1 aliphatic heterocycles. The number of hydrogen-bond acceptors (Lipinski definition) is 5. The van der Waals surface area contributed by atoms with Gasteiger partial charge < -0.3 is 20.1 Å². The van der Waals surface area contributed by atoms with Gasteiger partial charge in [-0.3, -0.25) is 0 Å². The van der Waals surface area contributed by atoms with Crippen LogP contribution < -0.4 is 15.5 Å². The maximum absolute atomic E-state index is 4.87. The summed E-state index contributed by atoms with van der Waals surface area (Å²) in [5.74, 6) is 0.666. The summed E-state index contributed by atoms with van der Waals surface area (Å²) in [6.45, 7) is 6.40. The lowest BCUT2D eigenvalue weighted by Gasteiger charge is -2.29.